The third-order valence-electron chi connectivity index (χ3n) is 3.98. The van der Waals surface area contributed by atoms with E-state index in [1.54, 1.807) is 12.1 Å². The van der Waals surface area contributed by atoms with E-state index in [1.165, 1.54) is 34.4 Å². The molecule has 2 aromatic heterocycles. The van der Waals surface area contributed by atoms with Crippen LogP contribution >= 0.6 is 11.3 Å². The Balaban J connectivity index is 1.58. The van der Waals surface area contributed by atoms with Crippen LogP contribution in [0.15, 0.2) is 65.7 Å². The van der Waals surface area contributed by atoms with Gasteiger partial charge in [0.05, 0.1) is 12.9 Å². The highest BCUT2D eigenvalue weighted by Gasteiger charge is 2.10. The first-order valence-corrected chi connectivity index (χ1v) is 9.14. The highest BCUT2D eigenvalue weighted by Crippen LogP contribution is 2.16. The first-order valence-electron chi connectivity index (χ1n) is 8.32. The smallest absolute Gasteiger partial charge is 0.281 e. The molecule has 132 valence electrons. The second-order valence-corrected chi connectivity index (χ2v) is 6.92. The summed E-state index contributed by atoms with van der Waals surface area (Å²) in [6, 6.07) is 16.0. The number of rotatable bonds is 3. The number of aromatic nitrogens is 3. The average molecular weight is 375 g/mol. The highest BCUT2D eigenvalue weighted by molar-refractivity contribution is 7.18. The molecular formula is C21H14FN3OS. The topological polar surface area (TPSA) is 47.8 Å². The summed E-state index contributed by atoms with van der Waals surface area (Å²) >= 11 is 1.30. The van der Waals surface area contributed by atoms with Crippen molar-refractivity contribution >= 4 is 21.7 Å². The second kappa shape index (κ2) is 7.52. The maximum Gasteiger partial charge on any atom is 0.281 e. The second-order valence-electron chi connectivity index (χ2n) is 5.94. The van der Waals surface area contributed by atoms with Crippen molar-refractivity contribution in [3.05, 3.63) is 93.2 Å². The Morgan fingerprint density at radius 3 is 2.59 bits per heavy atom. The minimum atomic E-state index is -0.308. The Bertz CT molecular complexity index is 1200. The molecule has 0 amide bonds. The summed E-state index contributed by atoms with van der Waals surface area (Å²) in [5, 5.41) is 0.574. The number of benzene rings is 2. The van der Waals surface area contributed by atoms with Crippen LogP contribution in [0.2, 0.25) is 0 Å². The van der Waals surface area contributed by atoms with Crippen LogP contribution in [0, 0.1) is 17.7 Å². The Morgan fingerprint density at radius 1 is 1.04 bits per heavy atom. The van der Waals surface area contributed by atoms with Gasteiger partial charge in [0, 0.05) is 6.42 Å². The molecule has 0 radical (unpaired) electrons. The molecule has 2 heterocycles. The number of thiazole rings is 1. The van der Waals surface area contributed by atoms with Gasteiger partial charge in [0.15, 0.2) is 15.4 Å². The van der Waals surface area contributed by atoms with Gasteiger partial charge in [-0.2, -0.15) is 0 Å². The molecule has 0 unspecified atom stereocenters. The van der Waals surface area contributed by atoms with Crippen LogP contribution in [0.4, 0.5) is 4.39 Å². The predicted molar refractivity (Wildman–Crippen MR) is 104 cm³/mol. The standard InChI is InChI=1S/C21H14FN3OS/c22-17-11-9-16(10-12-17)13-25-14-23-20-19(21(25)26)24-18(27-20)8-4-7-15-5-2-1-3-6-15/h1-3,5-6,9-12,14H,7,13H2. The van der Waals surface area contributed by atoms with Crippen LogP contribution in [-0.2, 0) is 13.0 Å². The first kappa shape index (κ1) is 17.1. The summed E-state index contributed by atoms with van der Waals surface area (Å²) in [5.74, 6) is 5.79. The lowest BCUT2D eigenvalue weighted by Gasteiger charge is -2.04. The van der Waals surface area contributed by atoms with Crippen molar-refractivity contribution in [3.8, 4) is 11.8 Å². The van der Waals surface area contributed by atoms with Crippen molar-refractivity contribution in [2.24, 2.45) is 0 Å². The Labute approximate surface area is 159 Å². The van der Waals surface area contributed by atoms with Gasteiger partial charge >= 0.3 is 0 Å². The average Bonchev–Trinajstić information content (AvgIpc) is 3.10. The van der Waals surface area contributed by atoms with Gasteiger partial charge in [0.25, 0.3) is 5.56 Å². The van der Waals surface area contributed by atoms with E-state index in [1.807, 2.05) is 30.3 Å². The van der Waals surface area contributed by atoms with E-state index >= 15 is 0 Å². The molecule has 4 aromatic rings. The van der Waals surface area contributed by atoms with E-state index in [4.69, 9.17) is 0 Å². The summed E-state index contributed by atoms with van der Waals surface area (Å²) in [6.07, 6.45) is 2.12. The van der Waals surface area contributed by atoms with Gasteiger partial charge in [0.2, 0.25) is 0 Å². The number of hydrogen-bond acceptors (Lipinski definition) is 4. The highest BCUT2D eigenvalue weighted by atomic mass is 32.1. The molecule has 2 aromatic carbocycles. The third kappa shape index (κ3) is 3.94. The van der Waals surface area contributed by atoms with Gasteiger partial charge in [-0.1, -0.05) is 59.7 Å². The van der Waals surface area contributed by atoms with Crippen LogP contribution in [-0.4, -0.2) is 14.5 Å². The van der Waals surface area contributed by atoms with Gasteiger partial charge in [0.1, 0.15) is 5.82 Å². The maximum atomic E-state index is 13.0. The van der Waals surface area contributed by atoms with Crippen molar-refractivity contribution in [2.75, 3.05) is 0 Å². The quantitative estimate of drug-likeness (QED) is 0.514. The minimum Gasteiger partial charge on any atom is -0.293 e. The van der Waals surface area contributed by atoms with Crippen molar-refractivity contribution < 1.29 is 4.39 Å². The van der Waals surface area contributed by atoms with Gasteiger partial charge in [-0.25, -0.2) is 14.4 Å². The van der Waals surface area contributed by atoms with Crippen LogP contribution < -0.4 is 5.56 Å². The summed E-state index contributed by atoms with van der Waals surface area (Å²) in [4.78, 5) is 21.9. The molecule has 0 aliphatic heterocycles. The van der Waals surface area contributed by atoms with Crippen LogP contribution in [0.1, 0.15) is 16.1 Å². The lowest BCUT2D eigenvalue weighted by atomic mass is 10.2. The van der Waals surface area contributed by atoms with Gasteiger partial charge in [-0.05, 0) is 29.2 Å². The fraction of sp³-hybridized carbons (Fsp3) is 0.0952. The zero-order valence-corrected chi connectivity index (χ0v) is 15.0. The monoisotopic (exact) mass is 375 g/mol. The number of fused-ring (bicyclic) bond motifs is 1. The fourth-order valence-electron chi connectivity index (χ4n) is 2.62. The molecule has 4 nitrogen and oxygen atoms in total. The van der Waals surface area contributed by atoms with E-state index in [2.05, 4.69) is 21.8 Å². The van der Waals surface area contributed by atoms with Crippen LogP contribution in [0.3, 0.4) is 0 Å². The molecule has 0 spiro atoms. The van der Waals surface area contributed by atoms with Crippen molar-refractivity contribution in [2.45, 2.75) is 13.0 Å². The van der Waals surface area contributed by atoms with Crippen LogP contribution in [0.25, 0.3) is 10.3 Å². The van der Waals surface area contributed by atoms with Crippen molar-refractivity contribution in [3.63, 3.8) is 0 Å². The molecule has 0 atom stereocenters. The summed E-state index contributed by atoms with van der Waals surface area (Å²) in [6.45, 7) is 0.314. The molecule has 0 bridgehead atoms. The predicted octanol–water partition coefficient (Wildman–Crippen LogP) is 3.63. The molecule has 0 saturated carbocycles. The number of nitrogens with zero attached hydrogens (tertiary/aromatic N) is 3. The fourth-order valence-corrected chi connectivity index (χ4v) is 3.39. The molecule has 0 saturated heterocycles. The zero-order valence-electron chi connectivity index (χ0n) is 14.2. The summed E-state index contributed by atoms with van der Waals surface area (Å²) < 4.78 is 14.5. The SMILES string of the molecule is O=c1c2nc(C#CCc3ccccc3)sc2ncn1Cc1ccc(F)cc1. The molecule has 27 heavy (non-hydrogen) atoms. The normalized spacial score (nSPS) is 10.6. The van der Waals surface area contributed by atoms with E-state index in [0.717, 1.165) is 11.1 Å². The zero-order chi connectivity index (χ0) is 18.6. The van der Waals surface area contributed by atoms with E-state index < -0.39 is 0 Å². The Hall–Kier alpha value is -3.30. The first-order chi connectivity index (χ1) is 13.2. The lowest BCUT2D eigenvalue weighted by molar-refractivity contribution is 0.626. The molecule has 0 N–H and O–H groups in total. The van der Waals surface area contributed by atoms with Crippen molar-refractivity contribution in [1.82, 2.24) is 14.5 Å². The number of halogens is 1. The van der Waals surface area contributed by atoms with E-state index in [0.29, 0.717) is 28.3 Å². The van der Waals surface area contributed by atoms with Crippen LogP contribution in [0.5, 0.6) is 0 Å². The summed E-state index contributed by atoms with van der Waals surface area (Å²) in [7, 11) is 0. The van der Waals surface area contributed by atoms with E-state index in [9.17, 15) is 9.18 Å². The van der Waals surface area contributed by atoms with Gasteiger partial charge in [-0.15, -0.1) is 0 Å². The third-order valence-corrected chi connectivity index (χ3v) is 4.86. The lowest BCUT2D eigenvalue weighted by Crippen LogP contribution is -2.21. The molecular weight excluding hydrogens is 361 g/mol. The van der Waals surface area contributed by atoms with Crippen molar-refractivity contribution in [1.29, 1.82) is 0 Å². The van der Waals surface area contributed by atoms with E-state index in [-0.39, 0.29) is 11.4 Å². The summed E-state index contributed by atoms with van der Waals surface area (Å²) in [5.41, 5.74) is 2.04. The molecule has 6 heteroatoms. The molecule has 0 fully saturated rings. The Kier molecular flexibility index (Phi) is 4.77. The molecule has 0 aliphatic carbocycles. The number of hydrogen-bond donors (Lipinski definition) is 0. The molecule has 4 rings (SSSR count). The minimum absolute atomic E-state index is 0.225. The maximum absolute atomic E-state index is 13.0. The van der Waals surface area contributed by atoms with Gasteiger partial charge < -0.3 is 0 Å². The van der Waals surface area contributed by atoms with Gasteiger partial charge in [-0.3, -0.25) is 9.36 Å². The Morgan fingerprint density at radius 2 is 1.81 bits per heavy atom. The largest absolute Gasteiger partial charge is 0.293 e. The molecule has 0 aliphatic rings.